The smallest absolute Gasteiger partial charge is 0.408 e. The summed E-state index contributed by atoms with van der Waals surface area (Å²) in [5, 5.41) is 13.4. The zero-order valence-electron chi connectivity index (χ0n) is 11.5. The van der Waals surface area contributed by atoms with Crippen molar-refractivity contribution in [3.05, 3.63) is 21.9 Å². The highest BCUT2D eigenvalue weighted by atomic mass is 32.1. The minimum absolute atomic E-state index is 0.166. The molecule has 0 saturated carbocycles. The summed E-state index contributed by atoms with van der Waals surface area (Å²) in [7, 11) is 0. The highest BCUT2D eigenvalue weighted by Gasteiger charge is 2.24. The maximum Gasteiger partial charge on any atom is 0.408 e. The highest BCUT2D eigenvalue weighted by Crippen LogP contribution is 2.26. The first kappa shape index (κ1) is 15.5. The van der Waals surface area contributed by atoms with Crippen molar-refractivity contribution < 1.29 is 19.4 Å². The van der Waals surface area contributed by atoms with Gasteiger partial charge in [-0.05, 0) is 44.7 Å². The number of hydrogen-bond acceptors (Lipinski definition) is 4. The number of carbonyl (C=O) groups is 2. The lowest BCUT2D eigenvalue weighted by Gasteiger charge is -2.23. The molecule has 0 aliphatic carbocycles. The lowest BCUT2D eigenvalue weighted by atomic mass is 10.1. The average molecular weight is 285 g/mol. The van der Waals surface area contributed by atoms with Gasteiger partial charge >= 0.3 is 12.1 Å². The van der Waals surface area contributed by atoms with Crippen LogP contribution in [0.1, 0.15) is 43.7 Å². The van der Waals surface area contributed by atoms with Gasteiger partial charge in [0.05, 0.1) is 12.5 Å². The van der Waals surface area contributed by atoms with Crippen molar-refractivity contribution in [2.24, 2.45) is 0 Å². The number of thiophene rings is 1. The van der Waals surface area contributed by atoms with E-state index in [1.807, 2.05) is 18.4 Å². The Labute approximate surface area is 116 Å². The van der Waals surface area contributed by atoms with Crippen LogP contribution >= 0.6 is 11.3 Å². The number of carbonyl (C=O) groups excluding carboxylic acids is 1. The van der Waals surface area contributed by atoms with Crippen molar-refractivity contribution in [3.8, 4) is 0 Å². The van der Waals surface area contributed by atoms with Crippen molar-refractivity contribution in [1.29, 1.82) is 0 Å². The Morgan fingerprint density at radius 1 is 1.47 bits per heavy atom. The second-order valence-electron chi connectivity index (χ2n) is 5.26. The number of aliphatic carboxylic acids is 1. The molecule has 0 unspecified atom stereocenters. The predicted molar refractivity (Wildman–Crippen MR) is 73.4 cm³/mol. The topological polar surface area (TPSA) is 75.6 Å². The van der Waals surface area contributed by atoms with Gasteiger partial charge in [-0.3, -0.25) is 4.79 Å². The largest absolute Gasteiger partial charge is 0.481 e. The van der Waals surface area contributed by atoms with Crippen LogP contribution in [-0.2, 0) is 9.53 Å². The van der Waals surface area contributed by atoms with Crippen molar-refractivity contribution in [3.63, 3.8) is 0 Å². The van der Waals surface area contributed by atoms with Crippen LogP contribution in [0.3, 0.4) is 0 Å². The van der Waals surface area contributed by atoms with Gasteiger partial charge in [0.25, 0.3) is 0 Å². The van der Waals surface area contributed by atoms with Crippen LogP contribution in [0.5, 0.6) is 0 Å². The number of ether oxygens (including phenoxy) is 1. The lowest BCUT2D eigenvalue weighted by Crippen LogP contribution is -2.35. The van der Waals surface area contributed by atoms with Crippen molar-refractivity contribution in [1.82, 2.24) is 5.32 Å². The molecule has 6 heteroatoms. The minimum Gasteiger partial charge on any atom is -0.481 e. The number of amides is 1. The molecule has 0 aromatic carbocycles. The molecule has 0 radical (unpaired) electrons. The maximum absolute atomic E-state index is 11.7. The predicted octanol–water partition coefficient (Wildman–Crippen LogP) is 3.10. The number of nitrogens with one attached hydrogen (secondary N) is 1. The first-order valence-corrected chi connectivity index (χ1v) is 6.82. The minimum atomic E-state index is -0.964. The standard InChI is InChI=1S/C13H19NO4S/c1-8-5-6-19-11(8)9(7-10(15)16)14-12(17)18-13(2,3)4/h5-6,9H,7H2,1-4H3,(H,14,17)(H,15,16)/t9-/m0/s1. The number of aryl methyl sites for hydroxylation is 1. The van der Waals surface area contributed by atoms with E-state index in [0.717, 1.165) is 10.4 Å². The fourth-order valence-corrected chi connectivity index (χ4v) is 2.55. The molecule has 0 spiro atoms. The lowest BCUT2D eigenvalue weighted by molar-refractivity contribution is -0.137. The van der Waals surface area contributed by atoms with Gasteiger partial charge < -0.3 is 15.2 Å². The Balaban J connectivity index is 2.79. The van der Waals surface area contributed by atoms with Crippen LogP contribution in [0.2, 0.25) is 0 Å². The van der Waals surface area contributed by atoms with Crippen LogP contribution in [0.15, 0.2) is 11.4 Å². The normalized spacial score (nSPS) is 12.8. The van der Waals surface area contributed by atoms with Crippen LogP contribution in [-0.4, -0.2) is 22.8 Å². The van der Waals surface area contributed by atoms with E-state index in [9.17, 15) is 9.59 Å². The fourth-order valence-electron chi connectivity index (χ4n) is 1.58. The number of alkyl carbamates (subject to hydrolysis) is 1. The Kier molecular flexibility index (Phi) is 4.94. The Bertz CT molecular complexity index is 461. The van der Waals surface area contributed by atoms with Gasteiger partial charge in [0.1, 0.15) is 5.60 Å². The summed E-state index contributed by atoms with van der Waals surface area (Å²) < 4.78 is 5.15. The summed E-state index contributed by atoms with van der Waals surface area (Å²) in [5.74, 6) is -0.964. The summed E-state index contributed by atoms with van der Waals surface area (Å²) in [6, 6.07) is 1.33. The first-order chi connectivity index (χ1) is 8.69. The molecule has 0 saturated heterocycles. The third-order valence-corrected chi connectivity index (χ3v) is 3.42. The maximum atomic E-state index is 11.7. The average Bonchev–Trinajstić information content (AvgIpc) is 2.59. The summed E-state index contributed by atoms with van der Waals surface area (Å²) in [5.41, 5.74) is 0.356. The van der Waals surface area contributed by atoms with E-state index in [1.54, 1.807) is 20.8 Å². The highest BCUT2D eigenvalue weighted by molar-refractivity contribution is 7.10. The summed E-state index contributed by atoms with van der Waals surface area (Å²) in [4.78, 5) is 23.5. The molecular weight excluding hydrogens is 266 g/mol. The van der Waals surface area contributed by atoms with E-state index in [-0.39, 0.29) is 6.42 Å². The molecule has 2 N–H and O–H groups in total. The molecule has 0 aliphatic rings. The fraction of sp³-hybridized carbons (Fsp3) is 0.538. The zero-order chi connectivity index (χ0) is 14.6. The quantitative estimate of drug-likeness (QED) is 0.891. The molecular formula is C13H19NO4S. The van der Waals surface area contributed by atoms with Gasteiger partial charge in [-0.2, -0.15) is 0 Å². The van der Waals surface area contributed by atoms with E-state index < -0.39 is 23.7 Å². The molecule has 106 valence electrons. The summed E-state index contributed by atoms with van der Waals surface area (Å²) in [6.07, 6.45) is -0.771. The molecule has 0 aliphatic heterocycles. The molecule has 1 aromatic rings. The van der Waals surface area contributed by atoms with Crippen LogP contribution in [0.4, 0.5) is 4.79 Å². The van der Waals surface area contributed by atoms with Gasteiger partial charge in [-0.1, -0.05) is 0 Å². The second kappa shape index (κ2) is 6.06. The molecule has 0 bridgehead atoms. The van der Waals surface area contributed by atoms with Crippen LogP contribution in [0, 0.1) is 6.92 Å². The van der Waals surface area contributed by atoms with E-state index >= 15 is 0 Å². The molecule has 1 rings (SSSR count). The first-order valence-electron chi connectivity index (χ1n) is 5.94. The number of carboxylic acid groups (broad SMARTS) is 1. The summed E-state index contributed by atoms with van der Waals surface area (Å²) >= 11 is 1.43. The van der Waals surface area contributed by atoms with E-state index in [4.69, 9.17) is 9.84 Å². The van der Waals surface area contributed by atoms with Crippen LogP contribution in [0.25, 0.3) is 0 Å². The SMILES string of the molecule is Cc1ccsc1[C@H](CC(=O)O)NC(=O)OC(C)(C)C. The van der Waals surface area contributed by atoms with Crippen LogP contribution < -0.4 is 5.32 Å². The van der Waals surface area contributed by atoms with Gasteiger partial charge in [-0.25, -0.2) is 4.79 Å². The Morgan fingerprint density at radius 2 is 2.11 bits per heavy atom. The third-order valence-electron chi connectivity index (χ3n) is 2.29. The molecule has 0 fully saturated rings. The molecule has 5 nitrogen and oxygen atoms in total. The molecule has 1 aromatic heterocycles. The Hall–Kier alpha value is -1.56. The Morgan fingerprint density at radius 3 is 2.53 bits per heavy atom. The molecule has 1 amide bonds. The monoisotopic (exact) mass is 285 g/mol. The molecule has 19 heavy (non-hydrogen) atoms. The number of carboxylic acids is 1. The number of rotatable bonds is 4. The van der Waals surface area contributed by atoms with E-state index in [2.05, 4.69) is 5.32 Å². The summed E-state index contributed by atoms with van der Waals surface area (Å²) in [6.45, 7) is 7.16. The van der Waals surface area contributed by atoms with Crippen molar-refractivity contribution in [2.45, 2.75) is 45.8 Å². The zero-order valence-corrected chi connectivity index (χ0v) is 12.3. The van der Waals surface area contributed by atoms with Gasteiger partial charge in [-0.15, -0.1) is 11.3 Å². The van der Waals surface area contributed by atoms with Crippen molar-refractivity contribution in [2.75, 3.05) is 0 Å². The van der Waals surface area contributed by atoms with E-state index in [1.165, 1.54) is 11.3 Å². The van der Waals surface area contributed by atoms with Crippen molar-refractivity contribution >= 4 is 23.4 Å². The van der Waals surface area contributed by atoms with Gasteiger partial charge in [0.15, 0.2) is 0 Å². The molecule has 1 atom stereocenters. The molecule has 1 heterocycles. The second-order valence-corrected chi connectivity index (χ2v) is 6.21. The van der Waals surface area contributed by atoms with Gasteiger partial charge in [0.2, 0.25) is 0 Å². The third kappa shape index (κ3) is 5.30. The number of hydrogen-bond donors (Lipinski definition) is 2. The van der Waals surface area contributed by atoms with E-state index in [0.29, 0.717) is 0 Å². The van der Waals surface area contributed by atoms with Gasteiger partial charge in [0, 0.05) is 4.88 Å².